The number of rotatable bonds is 6. The minimum absolute atomic E-state index is 0.0180. The fourth-order valence-corrected chi connectivity index (χ4v) is 1.75. The van der Waals surface area contributed by atoms with Crippen molar-refractivity contribution in [3.8, 4) is 11.5 Å². The van der Waals surface area contributed by atoms with E-state index in [0.717, 1.165) is 5.75 Å². The molecule has 5 heteroatoms. The topological polar surface area (TPSA) is 47.6 Å². The van der Waals surface area contributed by atoms with Crippen LogP contribution >= 0.6 is 0 Å². The van der Waals surface area contributed by atoms with E-state index in [1.54, 1.807) is 6.07 Å². The average molecular weight is 289 g/mol. The smallest absolute Gasteiger partial charge is 0.254 e. The number of hydrogen-bond acceptors (Lipinski definition) is 3. The van der Waals surface area contributed by atoms with Gasteiger partial charge >= 0.3 is 0 Å². The number of nitrogens with one attached hydrogen (secondary N) is 1. The maximum Gasteiger partial charge on any atom is 0.254 e. The second kappa shape index (κ2) is 7.28. The van der Waals surface area contributed by atoms with Gasteiger partial charge in [-0.1, -0.05) is 18.2 Å². The Kier molecular flexibility index (Phi) is 5.15. The Bertz CT molecular complexity index is 602. The Balaban J connectivity index is 1.82. The summed E-state index contributed by atoms with van der Waals surface area (Å²) < 4.78 is 24.0. The van der Waals surface area contributed by atoms with Gasteiger partial charge in [-0.25, -0.2) is 4.39 Å². The molecule has 0 bridgehead atoms. The Morgan fingerprint density at radius 2 is 1.90 bits per heavy atom. The molecule has 0 aromatic heterocycles. The molecule has 0 atom stereocenters. The maximum absolute atomic E-state index is 13.7. The largest absolute Gasteiger partial charge is 0.497 e. The zero-order valence-electron chi connectivity index (χ0n) is 11.6. The molecule has 21 heavy (non-hydrogen) atoms. The highest BCUT2D eigenvalue weighted by molar-refractivity contribution is 5.94. The third kappa shape index (κ3) is 4.21. The highest BCUT2D eigenvalue weighted by Crippen LogP contribution is 2.16. The number of benzene rings is 2. The minimum atomic E-state index is -0.615. The zero-order valence-corrected chi connectivity index (χ0v) is 11.6. The molecule has 0 heterocycles. The van der Waals surface area contributed by atoms with Crippen LogP contribution in [0.15, 0.2) is 48.5 Å². The SMILES string of the molecule is COc1ccc(C(=O)NCCOc2ccccc2)c(F)c1. The highest BCUT2D eigenvalue weighted by atomic mass is 19.1. The lowest BCUT2D eigenvalue weighted by molar-refractivity contribution is 0.0943. The van der Waals surface area contributed by atoms with Crippen molar-refractivity contribution in [3.63, 3.8) is 0 Å². The summed E-state index contributed by atoms with van der Waals surface area (Å²) in [6.45, 7) is 0.604. The third-order valence-electron chi connectivity index (χ3n) is 2.82. The first-order valence-electron chi connectivity index (χ1n) is 6.50. The molecular weight excluding hydrogens is 273 g/mol. The molecule has 0 radical (unpaired) electrons. The van der Waals surface area contributed by atoms with E-state index in [1.807, 2.05) is 30.3 Å². The Hall–Kier alpha value is -2.56. The number of halogens is 1. The van der Waals surface area contributed by atoms with Gasteiger partial charge in [0.15, 0.2) is 0 Å². The summed E-state index contributed by atoms with van der Waals surface area (Å²) in [5.41, 5.74) is -0.0180. The van der Waals surface area contributed by atoms with Crippen LogP contribution in [-0.2, 0) is 0 Å². The van der Waals surface area contributed by atoms with Crippen molar-refractivity contribution < 1.29 is 18.7 Å². The number of hydrogen-bond donors (Lipinski definition) is 1. The van der Waals surface area contributed by atoms with Gasteiger partial charge in [0.05, 0.1) is 19.2 Å². The first kappa shape index (κ1) is 14.8. The lowest BCUT2D eigenvalue weighted by Crippen LogP contribution is -2.28. The maximum atomic E-state index is 13.7. The number of ether oxygens (including phenoxy) is 2. The van der Waals surface area contributed by atoms with Crippen molar-refractivity contribution in [1.29, 1.82) is 0 Å². The molecule has 2 aromatic carbocycles. The summed E-state index contributed by atoms with van der Waals surface area (Å²) in [6, 6.07) is 13.4. The van der Waals surface area contributed by atoms with Crippen LogP contribution in [0.25, 0.3) is 0 Å². The van der Waals surface area contributed by atoms with Crippen molar-refractivity contribution in [2.45, 2.75) is 0 Å². The third-order valence-corrected chi connectivity index (χ3v) is 2.82. The van der Waals surface area contributed by atoms with Gasteiger partial charge in [0.2, 0.25) is 0 Å². The van der Waals surface area contributed by atoms with Gasteiger partial charge < -0.3 is 14.8 Å². The van der Waals surface area contributed by atoms with E-state index in [0.29, 0.717) is 18.9 Å². The van der Waals surface area contributed by atoms with E-state index in [1.165, 1.54) is 19.2 Å². The Morgan fingerprint density at radius 3 is 2.57 bits per heavy atom. The van der Waals surface area contributed by atoms with Gasteiger partial charge in [-0.2, -0.15) is 0 Å². The number of carbonyl (C=O) groups is 1. The molecule has 1 amide bonds. The van der Waals surface area contributed by atoms with Crippen molar-refractivity contribution in [1.82, 2.24) is 5.32 Å². The summed E-state index contributed by atoms with van der Waals surface area (Å²) >= 11 is 0. The minimum Gasteiger partial charge on any atom is -0.497 e. The molecule has 0 aliphatic heterocycles. The molecule has 0 aliphatic carbocycles. The van der Waals surface area contributed by atoms with E-state index >= 15 is 0 Å². The molecule has 0 aliphatic rings. The number of methoxy groups -OCH3 is 1. The van der Waals surface area contributed by atoms with Crippen LogP contribution in [-0.4, -0.2) is 26.2 Å². The molecule has 0 saturated carbocycles. The van der Waals surface area contributed by atoms with E-state index in [4.69, 9.17) is 9.47 Å². The molecular formula is C16H16FNO3. The first-order chi connectivity index (χ1) is 10.2. The monoisotopic (exact) mass is 289 g/mol. The van der Waals surface area contributed by atoms with Gasteiger partial charge in [-0.3, -0.25) is 4.79 Å². The van der Waals surface area contributed by atoms with E-state index in [-0.39, 0.29) is 5.56 Å². The van der Waals surface area contributed by atoms with E-state index in [9.17, 15) is 9.18 Å². The fraction of sp³-hybridized carbons (Fsp3) is 0.188. The molecule has 1 N–H and O–H groups in total. The molecule has 4 nitrogen and oxygen atoms in total. The molecule has 0 spiro atoms. The first-order valence-corrected chi connectivity index (χ1v) is 6.50. The van der Waals surface area contributed by atoms with Crippen LogP contribution < -0.4 is 14.8 Å². The standard InChI is InChI=1S/C16H16FNO3/c1-20-13-7-8-14(15(17)11-13)16(19)18-9-10-21-12-5-3-2-4-6-12/h2-8,11H,9-10H2,1H3,(H,18,19). The molecule has 0 saturated heterocycles. The number of amides is 1. The van der Waals surface area contributed by atoms with Gasteiger partial charge in [-0.15, -0.1) is 0 Å². The van der Waals surface area contributed by atoms with E-state index in [2.05, 4.69) is 5.32 Å². The number of para-hydroxylation sites is 1. The lowest BCUT2D eigenvalue weighted by Gasteiger charge is -2.09. The summed E-state index contributed by atoms with van der Waals surface area (Å²) in [6.07, 6.45) is 0. The van der Waals surface area contributed by atoms with Gasteiger partial charge in [-0.05, 0) is 24.3 Å². The summed E-state index contributed by atoms with van der Waals surface area (Å²) in [5.74, 6) is 0.00137. The van der Waals surface area contributed by atoms with Crippen LogP contribution in [0.2, 0.25) is 0 Å². The van der Waals surface area contributed by atoms with Crippen LogP contribution in [0.3, 0.4) is 0 Å². The lowest BCUT2D eigenvalue weighted by atomic mass is 10.2. The second-order valence-corrected chi connectivity index (χ2v) is 4.26. The molecule has 2 aromatic rings. The van der Waals surface area contributed by atoms with Crippen LogP contribution in [0, 0.1) is 5.82 Å². The molecule has 110 valence electrons. The quantitative estimate of drug-likeness (QED) is 0.832. The fourth-order valence-electron chi connectivity index (χ4n) is 1.75. The normalized spacial score (nSPS) is 10.0. The summed E-state index contributed by atoms with van der Waals surface area (Å²) in [4.78, 5) is 11.8. The van der Waals surface area contributed by atoms with Crippen LogP contribution in [0.4, 0.5) is 4.39 Å². The summed E-state index contributed by atoms with van der Waals surface area (Å²) in [5, 5.41) is 2.60. The molecule has 0 unspecified atom stereocenters. The van der Waals surface area contributed by atoms with E-state index < -0.39 is 11.7 Å². The highest BCUT2D eigenvalue weighted by Gasteiger charge is 2.11. The van der Waals surface area contributed by atoms with Gasteiger partial charge in [0.1, 0.15) is 23.9 Å². The van der Waals surface area contributed by atoms with Crippen molar-refractivity contribution in [2.24, 2.45) is 0 Å². The predicted molar refractivity (Wildman–Crippen MR) is 77.2 cm³/mol. The average Bonchev–Trinajstić information content (AvgIpc) is 2.52. The zero-order chi connectivity index (χ0) is 15.1. The summed E-state index contributed by atoms with van der Waals surface area (Å²) in [7, 11) is 1.44. The van der Waals surface area contributed by atoms with Crippen molar-refractivity contribution in [2.75, 3.05) is 20.3 Å². The van der Waals surface area contributed by atoms with Gasteiger partial charge in [0, 0.05) is 6.07 Å². The number of carbonyl (C=O) groups excluding carboxylic acids is 1. The second-order valence-electron chi connectivity index (χ2n) is 4.26. The Morgan fingerprint density at radius 1 is 1.14 bits per heavy atom. The predicted octanol–water partition coefficient (Wildman–Crippen LogP) is 2.64. The van der Waals surface area contributed by atoms with Crippen molar-refractivity contribution in [3.05, 3.63) is 59.9 Å². The van der Waals surface area contributed by atoms with Crippen LogP contribution in [0.1, 0.15) is 10.4 Å². The van der Waals surface area contributed by atoms with Gasteiger partial charge in [0.25, 0.3) is 5.91 Å². The van der Waals surface area contributed by atoms with Crippen molar-refractivity contribution >= 4 is 5.91 Å². The molecule has 2 rings (SSSR count). The van der Waals surface area contributed by atoms with Crippen LogP contribution in [0.5, 0.6) is 11.5 Å². The molecule has 0 fully saturated rings. The Labute approximate surface area is 122 Å².